The van der Waals surface area contributed by atoms with Gasteiger partial charge in [-0.05, 0) is 207 Å². The first-order valence-electron chi connectivity index (χ1n) is 28.4. The highest BCUT2D eigenvalue weighted by molar-refractivity contribution is 7.00. The Balaban J connectivity index is 1.15. The van der Waals surface area contributed by atoms with E-state index in [2.05, 4.69) is 312 Å². The minimum atomic E-state index is -0.148. The van der Waals surface area contributed by atoms with E-state index < -0.39 is 0 Å². The number of fused-ring (bicyclic) bond motifs is 4. The van der Waals surface area contributed by atoms with Crippen molar-refractivity contribution in [2.75, 3.05) is 9.80 Å². The highest BCUT2D eigenvalue weighted by atomic mass is 15.2. The molecule has 3 heteroatoms. The van der Waals surface area contributed by atoms with E-state index in [-0.39, 0.29) is 6.71 Å². The first-order valence-corrected chi connectivity index (χ1v) is 28.4. The predicted molar refractivity (Wildman–Crippen MR) is 347 cm³/mol. The summed E-state index contributed by atoms with van der Waals surface area (Å²) in [6.07, 6.45) is 0. The fourth-order valence-corrected chi connectivity index (χ4v) is 13.6. The van der Waals surface area contributed by atoms with E-state index >= 15 is 0 Å². The molecule has 0 bridgehead atoms. The average Bonchev–Trinajstić information content (AvgIpc) is 3.61. The summed E-state index contributed by atoms with van der Waals surface area (Å²) in [5.41, 5.74) is 35.1. The summed E-state index contributed by atoms with van der Waals surface area (Å²) in [6, 6.07) is 97.9. The number of aryl methyl sites for hydroxylation is 6. The van der Waals surface area contributed by atoms with Crippen LogP contribution >= 0.6 is 0 Å². The number of hydrogen-bond acceptors (Lipinski definition) is 2. The van der Waals surface area contributed by atoms with Crippen LogP contribution in [0.5, 0.6) is 0 Å². The lowest BCUT2D eigenvalue weighted by Gasteiger charge is -2.45. The van der Waals surface area contributed by atoms with Gasteiger partial charge in [-0.1, -0.05) is 212 Å². The maximum Gasteiger partial charge on any atom is 0.252 e. The molecular weight excluding hydrogens is 976 g/mol. The quantitative estimate of drug-likeness (QED) is 0.133. The lowest BCUT2D eigenvalue weighted by Crippen LogP contribution is -2.61. The highest BCUT2D eigenvalue weighted by Crippen LogP contribution is 2.53. The van der Waals surface area contributed by atoms with Crippen LogP contribution in [0.15, 0.2) is 261 Å². The van der Waals surface area contributed by atoms with Crippen LogP contribution in [-0.4, -0.2) is 6.71 Å². The number of benzene rings is 12. The van der Waals surface area contributed by atoms with E-state index in [0.717, 1.165) is 45.0 Å². The van der Waals surface area contributed by atoms with Crippen LogP contribution in [0.1, 0.15) is 33.4 Å². The van der Waals surface area contributed by atoms with E-state index in [1.165, 1.54) is 117 Å². The molecule has 14 rings (SSSR count). The van der Waals surface area contributed by atoms with E-state index in [1.54, 1.807) is 0 Å². The van der Waals surface area contributed by atoms with Crippen LogP contribution in [0.4, 0.5) is 34.1 Å². The third-order valence-corrected chi connectivity index (χ3v) is 17.2. The van der Waals surface area contributed by atoms with Gasteiger partial charge >= 0.3 is 0 Å². The summed E-state index contributed by atoms with van der Waals surface area (Å²) in [5.74, 6) is 0. The molecule has 81 heavy (non-hydrogen) atoms. The van der Waals surface area contributed by atoms with Crippen LogP contribution in [-0.2, 0) is 0 Å². The lowest BCUT2D eigenvalue weighted by atomic mass is 9.33. The standard InChI is InChI=1S/C78H61BN2/c1-50-22-19-23-51(2)74(50)60-36-40-65(41-37-60)80-70-43-39-62(75-52(3)24-20-25-53(75)4)47-69(70)79-68-46-61(56-28-11-7-12-29-56)38-42-71(68)81(73-49-64(48-72(80)77(73)79)76-54(5)26-21-27-55(76)6)78-66(58-32-15-9-16-33-58)44-63(57-30-13-8-14-31-57)45-67(78)59-34-17-10-18-35-59/h7-49H,1-6H3. The van der Waals surface area contributed by atoms with Crippen LogP contribution in [0.3, 0.4) is 0 Å². The zero-order chi connectivity index (χ0) is 54.9. The average molecular weight is 1040 g/mol. The molecule has 12 aromatic carbocycles. The second-order valence-corrected chi connectivity index (χ2v) is 22.3. The fourth-order valence-electron chi connectivity index (χ4n) is 13.6. The number of anilines is 6. The van der Waals surface area contributed by atoms with Gasteiger partial charge in [-0.2, -0.15) is 0 Å². The van der Waals surface area contributed by atoms with Crippen molar-refractivity contribution < 1.29 is 0 Å². The molecule has 12 aromatic rings. The van der Waals surface area contributed by atoms with Crippen molar-refractivity contribution in [2.24, 2.45) is 0 Å². The summed E-state index contributed by atoms with van der Waals surface area (Å²) < 4.78 is 0. The highest BCUT2D eigenvalue weighted by Gasteiger charge is 2.45. The van der Waals surface area contributed by atoms with Crippen molar-refractivity contribution in [1.29, 1.82) is 0 Å². The van der Waals surface area contributed by atoms with Crippen LogP contribution in [0, 0.1) is 41.5 Å². The molecular formula is C78H61BN2. The molecule has 0 saturated heterocycles. The van der Waals surface area contributed by atoms with Gasteiger partial charge in [0.1, 0.15) is 0 Å². The van der Waals surface area contributed by atoms with Gasteiger partial charge in [0, 0.05) is 39.6 Å². The Morgan fingerprint density at radius 1 is 0.247 bits per heavy atom. The van der Waals surface area contributed by atoms with E-state index in [0.29, 0.717) is 0 Å². The zero-order valence-electron chi connectivity index (χ0n) is 46.8. The monoisotopic (exact) mass is 1040 g/mol. The fraction of sp³-hybridized carbons (Fsp3) is 0.0769. The zero-order valence-corrected chi connectivity index (χ0v) is 46.8. The number of hydrogen-bond donors (Lipinski definition) is 0. The summed E-state index contributed by atoms with van der Waals surface area (Å²) in [4.78, 5) is 5.25. The summed E-state index contributed by atoms with van der Waals surface area (Å²) >= 11 is 0. The van der Waals surface area contributed by atoms with Crippen molar-refractivity contribution in [1.82, 2.24) is 0 Å². The summed E-state index contributed by atoms with van der Waals surface area (Å²) in [6.45, 7) is 13.4. The van der Waals surface area contributed by atoms with Gasteiger partial charge in [0.25, 0.3) is 6.71 Å². The van der Waals surface area contributed by atoms with Crippen LogP contribution < -0.4 is 26.2 Å². The van der Waals surface area contributed by atoms with Gasteiger partial charge in [-0.15, -0.1) is 0 Å². The molecule has 0 amide bonds. The molecule has 0 aromatic heterocycles. The Kier molecular flexibility index (Phi) is 12.4. The summed E-state index contributed by atoms with van der Waals surface area (Å²) in [7, 11) is 0. The third-order valence-electron chi connectivity index (χ3n) is 17.2. The van der Waals surface area contributed by atoms with E-state index in [4.69, 9.17) is 0 Å². The van der Waals surface area contributed by atoms with Crippen molar-refractivity contribution in [3.63, 3.8) is 0 Å². The Labute approximate surface area is 478 Å². The van der Waals surface area contributed by atoms with E-state index in [9.17, 15) is 0 Å². The molecule has 0 fully saturated rings. The van der Waals surface area contributed by atoms with Crippen molar-refractivity contribution >= 4 is 57.2 Å². The Bertz CT molecular complexity index is 4270. The molecule has 0 aliphatic carbocycles. The minimum absolute atomic E-state index is 0.148. The predicted octanol–water partition coefficient (Wildman–Crippen LogP) is 19.3. The molecule has 386 valence electrons. The Hall–Kier alpha value is -9.70. The van der Waals surface area contributed by atoms with Crippen molar-refractivity contribution in [3.8, 4) is 77.9 Å². The van der Waals surface area contributed by atoms with Gasteiger partial charge in [0.15, 0.2) is 0 Å². The first kappa shape index (κ1) is 49.6. The molecule has 2 nitrogen and oxygen atoms in total. The second kappa shape index (κ2) is 20.2. The normalized spacial score (nSPS) is 12.2. The molecule has 2 aliphatic heterocycles. The summed E-state index contributed by atoms with van der Waals surface area (Å²) in [5, 5.41) is 0. The molecule has 2 aliphatic rings. The maximum absolute atomic E-state index is 2.67. The van der Waals surface area contributed by atoms with Gasteiger partial charge in [0.05, 0.1) is 5.69 Å². The molecule has 0 unspecified atom stereocenters. The minimum Gasteiger partial charge on any atom is -0.311 e. The van der Waals surface area contributed by atoms with Gasteiger partial charge in [0.2, 0.25) is 0 Å². The Morgan fingerprint density at radius 3 is 1.10 bits per heavy atom. The molecule has 0 N–H and O–H groups in total. The van der Waals surface area contributed by atoms with E-state index in [1.807, 2.05) is 0 Å². The number of rotatable bonds is 9. The van der Waals surface area contributed by atoms with Crippen molar-refractivity contribution in [3.05, 3.63) is 294 Å². The maximum atomic E-state index is 2.67. The largest absolute Gasteiger partial charge is 0.311 e. The van der Waals surface area contributed by atoms with Gasteiger partial charge in [-0.3, -0.25) is 0 Å². The van der Waals surface area contributed by atoms with Gasteiger partial charge in [-0.25, -0.2) is 0 Å². The topological polar surface area (TPSA) is 6.48 Å². The number of nitrogens with zero attached hydrogens (tertiary/aromatic N) is 2. The third kappa shape index (κ3) is 8.51. The Morgan fingerprint density at radius 2 is 0.617 bits per heavy atom. The lowest BCUT2D eigenvalue weighted by molar-refractivity contribution is 1.25. The molecule has 0 radical (unpaired) electrons. The SMILES string of the molecule is Cc1cccc(C)c1-c1ccc(N2c3ccc(-c4c(C)cccc4C)cc3B3c4cc(-c5ccccc5)ccc4N(c4c(-c5ccccc5)cc(-c5ccccc5)cc4-c4ccccc4)c4cc(-c5c(C)cccc5C)cc2c43)cc1. The smallest absolute Gasteiger partial charge is 0.252 e. The van der Waals surface area contributed by atoms with Crippen molar-refractivity contribution in [2.45, 2.75) is 41.5 Å². The van der Waals surface area contributed by atoms with Gasteiger partial charge < -0.3 is 9.80 Å². The first-order chi connectivity index (χ1) is 39.7. The van der Waals surface area contributed by atoms with Crippen LogP contribution in [0.2, 0.25) is 0 Å². The van der Waals surface area contributed by atoms with Crippen LogP contribution in [0.25, 0.3) is 77.9 Å². The molecule has 2 heterocycles. The molecule has 0 saturated carbocycles. The second-order valence-electron chi connectivity index (χ2n) is 22.3. The molecule has 0 spiro atoms. The molecule has 0 atom stereocenters.